The van der Waals surface area contributed by atoms with Crippen LogP contribution in [0.3, 0.4) is 0 Å². The predicted molar refractivity (Wildman–Crippen MR) is 88.9 cm³/mol. The van der Waals surface area contributed by atoms with Crippen molar-refractivity contribution in [3.8, 4) is 0 Å². The Balaban J connectivity index is 1.76. The Bertz CT molecular complexity index is 582. The Hall–Kier alpha value is -1.52. The van der Waals surface area contributed by atoms with Crippen molar-refractivity contribution in [3.05, 3.63) is 39.9 Å². The first kappa shape index (κ1) is 16.8. The highest BCUT2D eigenvalue weighted by molar-refractivity contribution is 6.34. The first-order valence-electron chi connectivity index (χ1n) is 7.25. The zero-order valence-corrected chi connectivity index (χ0v) is 13.7. The van der Waals surface area contributed by atoms with Gasteiger partial charge in [-0.05, 0) is 42.7 Å². The molecule has 1 aliphatic rings. The van der Waals surface area contributed by atoms with Crippen LogP contribution >= 0.6 is 23.2 Å². The molecule has 0 spiro atoms. The van der Waals surface area contributed by atoms with Crippen molar-refractivity contribution in [2.45, 2.75) is 19.3 Å². The zero-order chi connectivity index (χ0) is 15.9. The van der Waals surface area contributed by atoms with Crippen LogP contribution in [0.25, 0.3) is 6.08 Å². The second-order valence-corrected chi connectivity index (χ2v) is 5.97. The Kier molecular flexibility index (Phi) is 6.28. The molecule has 1 heterocycles. The van der Waals surface area contributed by atoms with Crippen molar-refractivity contribution in [2.24, 2.45) is 0 Å². The van der Waals surface area contributed by atoms with Crippen LogP contribution in [-0.2, 0) is 9.59 Å². The van der Waals surface area contributed by atoms with Crippen molar-refractivity contribution in [1.82, 2.24) is 10.2 Å². The zero-order valence-electron chi connectivity index (χ0n) is 12.1. The molecule has 0 unspecified atom stereocenters. The third kappa shape index (κ3) is 5.04. The van der Waals surface area contributed by atoms with Crippen LogP contribution < -0.4 is 5.32 Å². The number of benzene rings is 1. The Labute approximate surface area is 140 Å². The number of amides is 2. The van der Waals surface area contributed by atoms with E-state index in [0.717, 1.165) is 25.9 Å². The van der Waals surface area contributed by atoms with Gasteiger partial charge in [0.05, 0.1) is 0 Å². The molecular weight excluding hydrogens is 323 g/mol. The van der Waals surface area contributed by atoms with E-state index in [9.17, 15) is 9.59 Å². The summed E-state index contributed by atoms with van der Waals surface area (Å²) in [6, 6.07) is 5.05. The lowest BCUT2D eigenvalue weighted by atomic mass is 10.2. The summed E-state index contributed by atoms with van der Waals surface area (Å²) >= 11 is 11.9. The Morgan fingerprint density at radius 2 is 1.95 bits per heavy atom. The van der Waals surface area contributed by atoms with Crippen molar-refractivity contribution in [2.75, 3.05) is 19.6 Å². The van der Waals surface area contributed by atoms with Gasteiger partial charge in [0.1, 0.15) is 0 Å². The maximum absolute atomic E-state index is 11.8. The minimum absolute atomic E-state index is 0.0969. The molecule has 0 radical (unpaired) electrons. The number of rotatable bonds is 5. The van der Waals surface area contributed by atoms with Crippen LogP contribution in [0.4, 0.5) is 0 Å². The average Bonchev–Trinajstić information content (AvgIpc) is 3.02. The second-order valence-electron chi connectivity index (χ2n) is 5.13. The van der Waals surface area contributed by atoms with Crippen LogP contribution in [0.15, 0.2) is 24.3 Å². The summed E-state index contributed by atoms with van der Waals surface area (Å²) in [4.78, 5) is 25.4. The smallest absolute Gasteiger partial charge is 0.244 e. The van der Waals surface area contributed by atoms with Gasteiger partial charge in [0.25, 0.3) is 0 Å². The molecule has 1 N–H and O–H groups in total. The number of carbonyl (C=O) groups excluding carboxylic acids is 2. The number of halogens is 2. The van der Waals surface area contributed by atoms with Gasteiger partial charge in [-0.1, -0.05) is 23.2 Å². The van der Waals surface area contributed by atoms with E-state index >= 15 is 0 Å². The fraction of sp³-hybridized carbons (Fsp3) is 0.375. The maximum atomic E-state index is 11.8. The summed E-state index contributed by atoms with van der Waals surface area (Å²) < 4.78 is 0. The largest absolute Gasteiger partial charge is 0.352 e. The van der Waals surface area contributed by atoms with Crippen LogP contribution in [0.2, 0.25) is 10.0 Å². The van der Waals surface area contributed by atoms with Gasteiger partial charge in [0.15, 0.2) is 0 Å². The lowest BCUT2D eigenvalue weighted by Crippen LogP contribution is -2.32. The number of nitrogens with one attached hydrogen (secondary N) is 1. The third-order valence-corrected chi connectivity index (χ3v) is 4.05. The molecule has 1 saturated heterocycles. The van der Waals surface area contributed by atoms with Gasteiger partial charge in [-0.2, -0.15) is 0 Å². The number of nitrogens with zero attached hydrogens (tertiary/aromatic N) is 1. The number of likely N-dealkylation sites (tertiary alicyclic amines) is 1. The van der Waals surface area contributed by atoms with Gasteiger partial charge in [-0.3, -0.25) is 9.59 Å². The van der Waals surface area contributed by atoms with E-state index in [2.05, 4.69) is 5.32 Å². The molecule has 2 rings (SSSR count). The molecule has 1 fully saturated rings. The van der Waals surface area contributed by atoms with Gasteiger partial charge >= 0.3 is 0 Å². The molecule has 0 bridgehead atoms. The van der Waals surface area contributed by atoms with Crippen molar-refractivity contribution >= 4 is 41.1 Å². The van der Waals surface area contributed by atoms with Crippen LogP contribution in [0.5, 0.6) is 0 Å². The summed E-state index contributed by atoms with van der Waals surface area (Å²) in [6.07, 6.45) is 5.46. The lowest BCUT2D eigenvalue weighted by Gasteiger charge is -2.14. The van der Waals surface area contributed by atoms with Gasteiger partial charge in [-0.15, -0.1) is 0 Å². The third-order valence-electron chi connectivity index (χ3n) is 3.47. The molecule has 0 aliphatic carbocycles. The van der Waals surface area contributed by atoms with Gasteiger partial charge in [0, 0.05) is 42.2 Å². The fourth-order valence-corrected chi connectivity index (χ4v) is 2.65. The van der Waals surface area contributed by atoms with Crippen molar-refractivity contribution in [3.63, 3.8) is 0 Å². The first-order valence-corrected chi connectivity index (χ1v) is 8.00. The van der Waals surface area contributed by atoms with E-state index in [1.807, 2.05) is 4.90 Å². The maximum Gasteiger partial charge on any atom is 0.244 e. The molecule has 1 aliphatic heterocycles. The monoisotopic (exact) mass is 340 g/mol. The standard InChI is InChI=1S/C16H18Cl2N2O2/c17-13-4-5-14(18)12(11-13)3-6-15(21)19-8-7-16(22)20-9-1-2-10-20/h3-6,11H,1-2,7-10H2,(H,19,21)/b6-3+. The molecule has 1 aromatic rings. The average molecular weight is 341 g/mol. The van der Waals surface area contributed by atoms with E-state index in [-0.39, 0.29) is 11.8 Å². The molecule has 1 aromatic carbocycles. The summed E-state index contributed by atoms with van der Waals surface area (Å²) in [6.45, 7) is 2.00. The number of hydrogen-bond donors (Lipinski definition) is 1. The van der Waals surface area contributed by atoms with Gasteiger partial charge in [0.2, 0.25) is 11.8 Å². The molecule has 4 nitrogen and oxygen atoms in total. The molecule has 2 amide bonds. The first-order chi connectivity index (χ1) is 10.6. The highest BCUT2D eigenvalue weighted by Crippen LogP contribution is 2.21. The van der Waals surface area contributed by atoms with Gasteiger partial charge < -0.3 is 10.2 Å². The minimum atomic E-state index is -0.259. The van der Waals surface area contributed by atoms with E-state index in [1.165, 1.54) is 6.08 Å². The molecule has 0 aromatic heterocycles. The van der Waals surface area contributed by atoms with Gasteiger partial charge in [-0.25, -0.2) is 0 Å². The highest BCUT2D eigenvalue weighted by Gasteiger charge is 2.17. The van der Waals surface area contributed by atoms with Crippen LogP contribution in [-0.4, -0.2) is 36.3 Å². The quantitative estimate of drug-likeness (QED) is 0.837. The second kappa shape index (κ2) is 8.20. The summed E-state index contributed by atoms with van der Waals surface area (Å²) in [5.41, 5.74) is 0.678. The lowest BCUT2D eigenvalue weighted by molar-refractivity contribution is -0.130. The van der Waals surface area contributed by atoms with Crippen LogP contribution in [0.1, 0.15) is 24.8 Å². The minimum Gasteiger partial charge on any atom is -0.352 e. The number of carbonyl (C=O) groups is 2. The van der Waals surface area contributed by atoms with E-state index < -0.39 is 0 Å². The summed E-state index contributed by atoms with van der Waals surface area (Å²) in [5.74, 6) is -0.162. The molecule has 0 saturated carbocycles. The Morgan fingerprint density at radius 3 is 2.68 bits per heavy atom. The molecule has 0 atom stereocenters. The molecule has 6 heteroatoms. The predicted octanol–water partition coefficient (Wildman–Crippen LogP) is 3.14. The van der Waals surface area contributed by atoms with Crippen LogP contribution in [0, 0.1) is 0 Å². The fourth-order valence-electron chi connectivity index (χ4n) is 2.28. The Morgan fingerprint density at radius 1 is 1.23 bits per heavy atom. The number of hydrogen-bond acceptors (Lipinski definition) is 2. The summed E-state index contributed by atoms with van der Waals surface area (Å²) in [7, 11) is 0. The van der Waals surface area contributed by atoms with Crippen molar-refractivity contribution in [1.29, 1.82) is 0 Å². The molecular formula is C16H18Cl2N2O2. The van der Waals surface area contributed by atoms with Crippen molar-refractivity contribution < 1.29 is 9.59 Å². The molecule has 118 valence electrons. The normalized spacial score (nSPS) is 14.5. The highest BCUT2D eigenvalue weighted by atomic mass is 35.5. The topological polar surface area (TPSA) is 49.4 Å². The van der Waals surface area contributed by atoms with E-state index in [4.69, 9.17) is 23.2 Å². The van der Waals surface area contributed by atoms with E-state index in [0.29, 0.717) is 28.6 Å². The molecule has 22 heavy (non-hydrogen) atoms. The van der Waals surface area contributed by atoms with E-state index in [1.54, 1.807) is 24.3 Å². The summed E-state index contributed by atoms with van der Waals surface area (Å²) in [5, 5.41) is 3.77. The SMILES string of the molecule is O=C(/C=C/c1cc(Cl)ccc1Cl)NCCC(=O)N1CCCC1.